The van der Waals surface area contributed by atoms with Crippen molar-refractivity contribution in [1.82, 2.24) is 0 Å². The molecular formula is C7H13NO5S. The highest BCUT2D eigenvalue weighted by Crippen LogP contribution is 2.17. The van der Waals surface area contributed by atoms with Gasteiger partial charge in [0.05, 0.1) is 0 Å². The molecule has 0 fully saturated rings. The Bertz CT molecular complexity index is 356. The summed E-state index contributed by atoms with van der Waals surface area (Å²) < 4.78 is 29.7. The van der Waals surface area contributed by atoms with Gasteiger partial charge in [-0.3, -0.25) is 9.35 Å². The van der Waals surface area contributed by atoms with Crippen molar-refractivity contribution < 1.29 is 22.9 Å². The highest BCUT2D eigenvalue weighted by molar-refractivity contribution is 7.86. The second-order valence-corrected chi connectivity index (χ2v) is 4.73. The van der Waals surface area contributed by atoms with Crippen molar-refractivity contribution in [2.75, 3.05) is 0 Å². The number of rotatable bonds is 4. The van der Waals surface area contributed by atoms with Gasteiger partial charge >= 0.3 is 0 Å². The highest BCUT2D eigenvalue weighted by atomic mass is 32.2. The summed E-state index contributed by atoms with van der Waals surface area (Å²) in [7, 11) is -4.67. The van der Waals surface area contributed by atoms with Gasteiger partial charge in [0.15, 0.2) is 16.8 Å². The van der Waals surface area contributed by atoms with Gasteiger partial charge in [-0.25, -0.2) is 0 Å². The van der Waals surface area contributed by atoms with Gasteiger partial charge < -0.3 is 10.8 Å². The highest BCUT2D eigenvalue weighted by Gasteiger charge is 2.44. The molecule has 0 rings (SSSR count). The van der Waals surface area contributed by atoms with Gasteiger partial charge in [-0.15, -0.1) is 0 Å². The van der Waals surface area contributed by atoms with Gasteiger partial charge in [-0.05, 0) is 19.4 Å². The lowest BCUT2D eigenvalue weighted by molar-refractivity contribution is -0.131. The Hall–Kier alpha value is -0.760. The Balaban J connectivity index is 5.17. The lowest BCUT2D eigenvalue weighted by Crippen LogP contribution is -2.55. The molecule has 6 nitrogen and oxygen atoms in total. The zero-order chi connectivity index (χ0) is 11.7. The van der Waals surface area contributed by atoms with Crippen molar-refractivity contribution in [1.29, 1.82) is 0 Å². The molecule has 0 aliphatic rings. The topological polar surface area (TPSA) is 118 Å². The fraction of sp³-hybridized carbons (Fsp3) is 0.571. The molecule has 0 aromatic carbocycles. The van der Waals surface area contributed by atoms with Crippen LogP contribution in [0.4, 0.5) is 0 Å². The van der Waals surface area contributed by atoms with Crippen molar-refractivity contribution in [3.05, 3.63) is 12.2 Å². The van der Waals surface area contributed by atoms with Crippen LogP contribution in [-0.2, 0) is 14.9 Å². The second-order valence-electron chi connectivity index (χ2n) is 3.19. The molecule has 0 aromatic heterocycles. The SMILES string of the molecule is C=C(C)C(=O)C(C)(O)C(N)S(=O)(=O)O. The van der Waals surface area contributed by atoms with Gasteiger partial charge in [0, 0.05) is 0 Å². The molecule has 7 heteroatoms. The van der Waals surface area contributed by atoms with Crippen LogP contribution < -0.4 is 5.73 Å². The molecule has 0 spiro atoms. The molecule has 0 saturated heterocycles. The number of carbonyl (C=O) groups excluding carboxylic acids is 1. The quantitative estimate of drug-likeness (QED) is 0.418. The molecule has 0 saturated carbocycles. The van der Waals surface area contributed by atoms with E-state index < -0.39 is 26.9 Å². The summed E-state index contributed by atoms with van der Waals surface area (Å²) in [5, 5.41) is 7.40. The first-order valence-electron chi connectivity index (χ1n) is 3.65. The molecule has 14 heavy (non-hydrogen) atoms. The van der Waals surface area contributed by atoms with E-state index in [1.54, 1.807) is 0 Å². The minimum atomic E-state index is -4.67. The number of aliphatic hydroxyl groups is 1. The van der Waals surface area contributed by atoms with Crippen LogP contribution in [0.25, 0.3) is 0 Å². The molecule has 0 amide bonds. The molecule has 0 bridgehead atoms. The van der Waals surface area contributed by atoms with E-state index in [4.69, 9.17) is 10.3 Å². The maximum absolute atomic E-state index is 11.2. The first-order valence-corrected chi connectivity index (χ1v) is 5.16. The summed E-state index contributed by atoms with van der Waals surface area (Å²) in [4.78, 5) is 11.2. The first kappa shape index (κ1) is 13.2. The number of Topliss-reactive ketones (excluding diaryl/α,β-unsaturated/α-hetero) is 1. The average molecular weight is 223 g/mol. The molecule has 4 N–H and O–H groups in total. The summed E-state index contributed by atoms with van der Waals surface area (Å²) in [5.41, 5.74) is 2.59. The predicted octanol–water partition coefficient (Wildman–Crippen LogP) is -0.945. The van der Waals surface area contributed by atoms with Crippen LogP contribution in [0.2, 0.25) is 0 Å². The second kappa shape index (κ2) is 3.77. The van der Waals surface area contributed by atoms with E-state index >= 15 is 0 Å². The summed E-state index contributed by atoms with van der Waals surface area (Å²) in [6.45, 7) is 5.45. The van der Waals surface area contributed by atoms with Crippen LogP contribution in [0.3, 0.4) is 0 Å². The van der Waals surface area contributed by atoms with Gasteiger partial charge in [0.1, 0.15) is 0 Å². The van der Waals surface area contributed by atoms with E-state index in [1.165, 1.54) is 6.92 Å². The molecular weight excluding hydrogens is 210 g/mol. The van der Waals surface area contributed by atoms with Crippen LogP contribution in [-0.4, -0.2) is 34.8 Å². The molecule has 2 atom stereocenters. The van der Waals surface area contributed by atoms with Gasteiger partial charge in [-0.2, -0.15) is 8.42 Å². The molecule has 0 heterocycles. The predicted molar refractivity (Wildman–Crippen MR) is 50.0 cm³/mol. The molecule has 82 valence electrons. The van der Waals surface area contributed by atoms with Crippen LogP contribution in [0, 0.1) is 0 Å². The van der Waals surface area contributed by atoms with Crippen LogP contribution in [0.1, 0.15) is 13.8 Å². The van der Waals surface area contributed by atoms with E-state index in [9.17, 15) is 18.3 Å². The number of nitrogens with two attached hydrogens (primary N) is 1. The number of hydrogen-bond donors (Lipinski definition) is 3. The van der Waals surface area contributed by atoms with E-state index in [0.29, 0.717) is 0 Å². The molecule has 2 unspecified atom stereocenters. The lowest BCUT2D eigenvalue weighted by atomic mass is 9.96. The van der Waals surface area contributed by atoms with Crippen molar-refractivity contribution in [2.24, 2.45) is 5.73 Å². The van der Waals surface area contributed by atoms with E-state index in [2.05, 4.69) is 6.58 Å². The van der Waals surface area contributed by atoms with Crippen molar-refractivity contribution in [2.45, 2.75) is 24.8 Å². The van der Waals surface area contributed by atoms with E-state index in [1.807, 2.05) is 0 Å². The van der Waals surface area contributed by atoms with Crippen LogP contribution >= 0.6 is 0 Å². The van der Waals surface area contributed by atoms with Gasteiger partial charge in [0.25, 0.3) is 10.1 Å². The summed E-state index contributed by atoms with van der Waals surface area (Å²) >= 11 is 0. The number of ketones is 1. The van der Waals surface area contributed by atoms with Crippen molar-refractivity contribution >= 4 is 15.9 Å². The number of hydrogen-bond acceptors (Lipinski definition) is 5. The molecule has 0 aliphatic heterocycles. The Labute approximate surface area is 82.2 Å². The summed E-state index contributed by atoms with van der Waals surface area (Å²) in [6.07, 6.45) is 0. The standard InChI is InChI=1S/C7H13NO5S/c1-4(2)5(9)7(3,10)6(8)14(11,12)13/h6,10H,1,8H2,2-3H3,(H,11,12,13). The maximum Gasteiger partial charge on any atom is 0.284 e. The van der Waals surface area contributed by atoms with Crippen LogP contribution in [0.15, 0.2) is 12.2 Å². The fourth-order valence-corrected chi connectivity index (χ4v) is 1.54. The monoisotopic (exact) mass is 223 g/mol. The Morgan fingerprint density at radius 1 is 1.57 bits per heavy atom. The zero-order valence-corrected chi connectivity index (χ0v) is 8.71. The summed E-state index contributed by atoms with van der Waals surface area (Å²) in [6, 6.07) is 0. The average Bonchev–Trinajstić information content (AvgIpc) is 1.99. The smallest absolute Gasteiger partial charge is 0.284 e. The number of carbonyl (C=O) groups is 1. The Morgan fingerprint density at radius 3 is 2.14 bits per heavy atom. The third kappa shape index (κ3) is 2.61. The van der Waals surface area contributed by atoms with Gasteiger partial charge in [0.2, 0.25) is 0 Å². The molecule has 0 aliphatic carbocycles. The fourth-order valence-electron chi connectivity index (χ4n) is 0.851. The minimum absolute atomic E-state index is 0.0471. The molecule has 0 radical (unpaired) electrons. The Morgan fingerprint density at radius 2 is 1.93 bits per heavy atom. The van der Waals surface area contributed by atoms with E-state index in [-0.39, 0.29) is 5.57 Å². The first-order chi connectivity index (χ1) is 6.01. The largest absolute Gasteiger partial charge is 0.379 e. The third-order valence-corrected chi connectivity index (χ3v) is 2.82. The van der Waals surface area contributed by atoms with Crippen molar-refractivity contribution in [3.63, 3.8) is 0 Å². The van der Waals surface area contributed by atoms with Crippen molar-refractivity contribution in [3.8, 4) is 0 Å². The minimum Gasteiger partial charge on any atom is -0.379 e. The Kier molecular flexibility index (Phi) is 3.57. The van der Waals surface area contributed by atoms with E-state index in [0.717, 1.165) is 6.92 Å². The lowest BCUT2D eigenvalue weighted by Gasteiger charge is -2.26. The normalized spacial score (nSPS) is 18.4. The maximum atomic E-state index is 11.2. The van der Waals surface area contributed by atoms with Crippen LogP contribution in [0.5, 0.6) is 0 Å². The summed E-state index contributed by atoms with van der Waals surface area (Å²) in [5.74, 6) is -0.928. The third-order valence-electron chi connectivity index (χ3n) is 1.72. The molecule has 0 aromatic rings. The zero-order valence-electron chi connectivity index (χ0n) is 7.89. The van der Waals surface area contributed by atoms with Gasteiger partial charge in [-0.1, -0.05) is 6.58 Å².